The fourth-order valence-electron chi connectivity index (χ4n) is 2.38. The number of ether oxygens (including phenoxy) is 1. The quantitative estimate of drug-likeness (QED) is 0.692. The van der Waals surface area contributed by atoms with Crippen molar-refractivity contribution in [2.24, 2.45) is 0 Å². The summed E-state index contributed by atoms with van der Waals surface area (Å²) in [5.74, 6) is 1.32. The zero-order valence-electron chi connectivity index (χ0n) is 13.9. The molecular weight excluding hydrogens is 318 g/mol. The number of nitrogens with one attached hydrogen (secondary N) is 2. The minimum Gasteiger partial charge on any atom is -0.496 e. The molecule has 1 amide bonds. The molecule has 0 unspecified atom stereocenters. The van der Waals surface area contributed by atoms with Gasteiger partial charge in [-0.3, -0.25) is 9.78 Å². The minimum absolute atomic E-state index is 0.243. The van der Waals surface area contributed by atoms with E-state index in [1.165, 1.54) is 0 Å². The molecule has 0 radical (unpaired) electrons. The van der Waals surface area contributed by atoms with E-state index in [-0.39, 0.29) is 5.91 Å². The lowest BCUT2D eigenvalue weighted by Gasteiger charge is -2.10. The van der Waals surface area contributed by atoms with E-state index in [0.717, 1.165) is 22.8 Å². The molecule has 0 saturated heterocycles. The Morgan fingerprint density at radius 1 is 1.16 bits per heavy atom. The molecule has 1 aromatic carbocycles. The van der Waals surface area contributed by atoms with Gasteiger partial charge in [-0.2, -0.15) is 0 Å². The van der Waals surface area contributed by atoms with Gasteiger partial charge in [0.15, 0.2) is 0 Å². The van der Waals surface area contributed by atoms with Crippen LogP contribution in [0.2, 0.25) is 0 Å². The Morgan fingerprint density at radius 2 is 2.04 bits per heavy atom. The van der Waals surface area contributed by atoms with Crippen molar-refractivity contribution in [1.82, 2.24) is 10.3 Å². The van der Waals surface area contributed by atoms with E-state index in [1.807, 2.05) is 36.4 Å². The number of hydrogen-bond acceptors (Lipinski definition) is 5. The number of amides is 1. The normalized spacial score (nSPS) is 10.3. The van der Waals surface area contributed by atoms with Crippen molar-refractivity contribution in [3.05, 3.63) is 78.0 Å². The van der Waals surface area contributed by atoms with E-state index in [2.05, 4.69) is 15.6 Å². The molecule has 0 aliphatic heterocycles. The second-order valence-electron chi connectivity index (χ2n) is 5.36. The molecule has 0 spiro atoms. The van der Waals surface area contributed by atoms with Crippen molar-refractivity contribution in [1.29, 1.82) is 0 Å². The number of rotatable bonds is 7. The molecule has 3 rings (SSSR count). The Kier molecular flexibility index (Phi) is 5.31. The van der Waals surface area contributed by atoms with Crippen LogP contribution in [-0.2, 0) is 13.1 Å². The minimum atomic E-state index is -0.243. The molecule has 0 saturated carbocycles. The van der Waals surface area contributed by atoms with Gasteiger partial charge >= 0.3 is 0 Å². The molecule has 2 aromatic heterocycles. The van der Waals surface area contributed by atoms with E-state index >= 15 is 0 Å². The molecule has 0 aliphatic carbocycles. The molecule has 0 aliphatic rings. The topological polar surface area (TPSA) is 76.4 Å². The maximum absolute atomic E-state index is 12.3. The number of carbonyl (C=O) groups excluding carboxylic acids is 1. The number of benzene rings is 1. The number of nitrogens with zero attached hydrogens (tertiary/aromatic N) is 1. The summed E-state index contributed by atoms with van der Waals surface area (Å²) in [5, 5.41) is 6.06. The molecule has 25 heavy (non-hydrogen) atoms. The summed E-state index contributed by atoms with van der Waals surface area (Å²) in [7, 11) is 1.61. The predicted octanol–water partition coefficient (Wildman–Crippen LogP) is 3.23. The number of methoxy groups -OCH3 is 1. The molecule has 0 fully saturated rings. The van der Waals surface area contributed by atoms with E-state index in [0.29, 0.717) is 18.8 Å². The number of hydrogen-bond donors (Lipinski definition) is 2. The first-order chi connectivity index (χ1) is 12.3. The fraction of sp³-hybridized carbons (Fsp3) is 0.158. The highest BCUT2D eigenvalue weighted by Crippen LogP contribution is 2.17. The molecule has 6 nitrogen and oxygen atoms in total. The Morgan fingerprint density at radius 3 is 2.84 bits per heavy atom. The van der Waals surface area contributed by atoms with Crippen LogP contribution in [0.4, 0.5) is 5.69 Å². The average molecular weight is 337 g/mol. The standard InChI is InChI=1S/C19H19N3O3/c1-24-18-7-3-2-5-14(18)12-22-19(23)17-11-15(8-9-20-17)21-13-16-6-4-10-25-16/h2-11H,12-13H2,1H3,(H,20,21)(H,22,23). The average Bonchev–Trinajstić information content (AvgIpc) is 3.18. The highest BCUT2D eigenvalue weighted by Gasteiger charge is 2.09. The van der Waals surface area contributed by atoms with Crippen LogP contribution in [0.25, 0.3) is 0 Å². The van der Waals surface area contributed by atoms with E-state index < -0.39 is 0 Å². The Balaban J connectivity index is 1.61. The van der Waals surface area contributed by atoms with Gasteiger partial charge in [-0.1, -0.05) is 18.2 Å². The first-order valence-corrected chi connectivity index (χ1v) is 7.88. The Bertz CT molecular complexity index is 831. The van der Waals surface area contributed by atoms with Gasteiger partial charge < -0.3 is 19.8 Å². The number of aromatic nitrogens is 1. The maximum atomic E-state index is 12.3. The van der Waals surface area contributed by atoms with Crippen molar-refractivity contribution < 1.29 is 13.9 Å². The second-order valence-corrected chi connectivity index (χ2v) is 5.36. The lowest BCUT2D eigenvalue weighted by atomic mass is 10.2. The van der Waals surface area contributed by atoms with Crippen molar-refractivity contribution >= 4 is 11.6 Å². The fourth-order valence-corrected chi connectivity index (χ4v) is 2.38. The van der Waals surface area contributed by atoms with Gasteiger partial charge in [0.1, 0.15) is 17.2 Å². The van der Waals surface area contributed by atoms with Gasteiger partial charge in [-0.05, 0) is 30.3 Å². The molecule has 0 bridgehead atoms. The summed E-state index contributed by atoms with van der Waals surface area (Å²) in [6.07, 6.45) is 3.22. The summed E-state index contributed by atoms with van der Waals surface area (Å²) in [4.78, 5) is 16.5. The molecule has 0 atom stereocenters. The van der Waals surface area contributed by atoms with Crippen molar-refractivity contribution in [2.45, 2.75) is 13.1 Å². The third-order valence-corrected chi connectivity index (χ3v) is 3.67. The summed E-state index contributed by atoms with van der Waals surface area (Å²) in [6.45, 7) is 0.911. The maximum Gasteiger partial charge on any atom is 0.270 e. The van der Waals surface area contributed by atoms with Crippen LogP contribution in [0.5, 0.6) is 5.75 Å². The third kappa shape index (κ3) is 4.38. The number of carbonyl (C=O) groups is 1. The highest BCUT2D eigenvalue weighted by atomic mass is 16.5. The Hall–Kier alpha value is -3.28. The zero-order chi connectivity index (χ0) is 17.5. The van der Waals surface area contributed by atoms with Crippen LogP contribution in [0.3, 0.4) is 0 Å². The largest absolute Gasteiger partial charge is 0.496 e. The summed E-state index contributed by atoms with van der Waals surface area (Å²) in [6, 6.07) is 14.8. The molecule has 2 N–H and O–H groups in total. The summed E-state index contributed by atoms with van der Waals surface area (Å²) in [5.41, 5.74) is 2.05. The highest BCUT2D eigenvalue weighted by molar-refractivity contribution is 5.93. The Labute approximate surface area is 145 Å². The first-order valence-electron chi connectivity index (χ1n) is 7.88. The monoisotopic (exact) mass is 337 g/mol. The molecular formula is C19H19N3O3. The van der Waals surface area contributed by atoms with E-state index in [1.54, 1.807) is 31.7 Å². The third-order valence-electron chi connectivity index (χ3n) is 3.67. The van der Waals surface area contributed by atoms with Crippen molar-refractivity contribution in [2.75, 3.05) is 12.4 Å². The van der Waals surface area contributed by atoms with Crippen LogP contribution in [0.1, 0.15) is 21.8 Å². The van der Waals surface area contributed by atoms with Crippen LogP contribution < -0.4 is 15.4 Å². The van der Waals surface area contributed by atoms with Gasteiger partial charge in [0.2, 0.25) is 0 Å². The molecule has 6 heteroatoms. The zero-order valence-corrected chi connectivity index (χ0v) is 13.9. The van der Waals surface area contributed by atoms with Gasteiger partial charge in [0.05, 0.1) is 19.9 Å². The van der Waals surface area contributed by atoms with Gasteiger partial charge in [-0.25, -0.2) is 0 Å². The first kappa shape index (κ1) is 16.6. The van der Waals surface area contributed by atoms with Gasteiger partial charge in [0, 0.05) is 24.0 Å². The van der Waals surface area contributed by atoms with Crippen LogP contribution in [0, 0.1) is 0 Å². The second kappa shape index (κ2) is 8.01. The van der Waals surface area contributed by atoms with Crippen molar-refractivity contribution in [3.8, 4) is 5.75 Å². The lowest BCUT2D eigenvalue weighted by Crippen LogP contribution is -2.24. The number of pyridine rings is 1. The van der Waals surface area contributed by atoms with Crippen LogP contribution in [-0.4, -0.2) is 18.0 Å². The van der Waals surface area contributed by atoms with Crippen LogP contribution >= 0.6 is 0 Å². The van der Waals surface area contributed by atoms with Gasteiger partial charge in [-0.15, -0.1) is 0 Å². The predicted molar refractivity (Wildman–Crippen MR) is 94.4 cm³/mol. The molecule has 2 heterocycles. The SMILES string of the molecule is COc1ccccc1CNC(=O)c1cc(NCc2ccco2)ccn1. The summed E-state index contributed by atoms with van der Waals surface area (Å²) < 4.78 is 10.6. The number of para-hydroxylation sites is 1. The van der Waals surface area contributed by atoms with Crippen molar-refractivity contribution in [3.63, 3.8) is 0 Å². The van der Waals surface area contributed by atoms with Gasteiger partial charge in [0.25, 0.3) is 5.91 Å². The van der Waals surface area contributed by atoms with E-state index in [4.69, 9.17) is 9.15 Å². The summed E-state index contributed by atoms with van der Waals surface area (Å²) >= 11 is 0. The number of anilines is 1. The molecule has 3 aromatic rings. The lowest BCUT2D eigenvalue weighted by molar-refractivity contribution is 0.0945. The molecule has 128 valence electrons. The number of furan rings is 1. The smallest absolute Gasteiger partial charge is 0.270 e. The van der Waals surface area contributed by atoms with E-state index in [9.17, 15) is 4.79 Å². The van der Waals surface area contributed by atoms with Crippen LogP contribution in [0.15, 0.2) is 65.4 Å².